The molecule has 2 amide bonds. The van der Waals surface area contributed by atoms with Gasteiger partial charge in [0.1, 0.15) is 6.61 Å². The first-order valence-corrected chi connectivity index (χ1v) is 7.25. The Labute approximate surface area is 137 Å². The molecule has 0 fully saturated rings. The fraction of sp³-hybridized carbons (Fsp3) is 0.267. The van der Waals surface area contributed by atoms with E-state index in [1.54, 1.807) is 25.1 Å². The van der Waals surface area contributed by atoms with Gasteiger partial charge in [0.05, 0.1) is 30.0 Å². The molecule has 0 spiro atoms. The predicted octanol–water partition coefficient (Wildman–Crippen LogP) is 1.63. The summed E-state index contributed by atoms with van der Waals surface area (Å²) in [5.41, 5.74) is 0.684. The molecule has 0 atom stereocenters. The van der Waals surface area contributed by atoms with E-state index < -0.39 is 18.0 Å². The third kappa shape index (κ3) is 4.46. The molecule has 0 radical (unpaired) electrons. The van der Waals surface area contributed by atoms with Crippen molar-refractivity contribution in [2.75, 3.05) is 19.8 Å². The fourth-order valence-electron chi connectivity index (χ4n) is 1.91. The van der Waals surface area contributed by atoms with Crippen LogP contribution in [0.1, 0.15) is 17.3 Å². The van der Waals surface area contributed by atoms with Gasteiger partial charge in [-0.25, -0.2) is 14.4 Å². The second-order valence-corrected chi connectivity index (χ2v) is 5.01. The van der Waals surface area contributed by atoms with E-state index in [4.69, 9.17) is 21.1 Å². The Balaban J connectivity index is 2.10. The van der Waals surface area contributed by atoms with Gasteiger partial charge in [-0.15, -0.1) is 0 Å². The Morgan fingerprint density at radius 1 is 1.26 bits per heavy atom. The Hall–Kier alpha value is -2.54. The number of hydrogen-bond acceptors (Lipinski definition) is 5. The minimum Gasteiger partial charge on any atom is -0.463 e. The van der Waals surface area contributed by atoms with Crippen LogP contribution in [0.4, 0.5) is 4.79 Å². The molecular weight excluding hydrogens is 324 g/mol. The lowest BCUT2D eigenvalue weighted by atomic mass is 10.1. The minimum absolute atomic E-state index is 0.00865. The quantitative estimate of drug-likeness (QED) is 0.796. The van der Waals surface area contributed by atoms with Gasteiger partial charge in [-0.05, 0) is 25.1 Å². The average Bonchev–Trinajstić information content (AvgIpc) is 2.52. The zero-order valence-electron chi connectivity index (χ0n) is 12.3. The molecule has 1 aliphatic heterocycles. The zero-order chi connectivity index (χ0) is 16.8. The van der Waals surface area contributed by atoms with E-state index in [2.05, 4.69) is 10.6 Å². The molecule has 0 aromatic heterocycles. The van der Waals surface area contributed by atoms with Crippen molar-refractivity contribution in [2.24, 2.45) is 0 Å². The van der Waals surface area contributed by atoms with E-state index in [1.165, 1.54) is 6.07 Å². The van der Waals surface area contributed by atoms with E-state index in [0.717, 1.165) is 0 Å². The molecule has 0 aliphatic carbocycles. The van der Waals surface area contributed by atoms with Crippen molar-refractivity contribution in [3.05, 3.63) is 46.1 Å². The maximum atomic E-state index is 12.0. The Morgan fingerprint density at radius 2 is 2.04 bits per heavy atom. The summed E-state index contributed by atoms with van der Waals surface area (Å²) in [7, 11) is 0. The van der Waals surface area contributed by atoms with Crippen LogP contribution in [0.2, 0.25) is 5.02 Å². The Bertz CT molecular complexity index is 672. The third-order valence-corrected chi connectivity index (χ3v) is 3.22. The molecule has 7 nitrogen and oxygen atoms in total. The van der Waals surface area contributed by atoms with Crippen LogP contribution in [0.3, 0.4) is 0 Å². The molecule has 1 heterocycles. The molecule has 0 saturated heterocycles. The van der Waals surface area contributed by atoms with Crippen LogP contribution in [0.5, 0.6) is 0 Å². The van der Waals surface area contributed by atoms with Gasteiger partial charge in [-0.1, -0.05) is 17.7 Å². The molecule has 2 N–H and O–H groups in total. The van der Waals surface area contributed by atoms with Crippen molar-refractivity contribution in [1.82, 2.24) is 10.6 Å². The summed E-state index contributed by atoms with van der Waals surface area (Å²) in [6.07, 6.45) is 0. The lowest BCUT2D eigenvalue weighted by molar-refractivity contribution is -0.138. The van der Waals surface area contributed by atoms with Crippen LogP contribution < -0.4 is 10.6 Å². The van der Waals surface area contributed by atoms with Gasteiger partial charge >= 0.3 is 18.0 Å². The van der Waals surface area contributed by atoms with Gasteiger partial charge in [-0.2, -0.15) is 0 Å². The van der Waals surface area contributed by atoms with Crippen LogP contribution in [0.15, 0.2) is 35.5 Å². The molecule has 1 aromatic rings. The highest BCUT2D eigenvalue weighted by molar-refractivity contribution is 6.30. The van der Waals surface area contributed by atoms with Gasteiger partial charge in [0, 0.05) is 5.02 Å². The smallest absolute Gasteiger partial charge is 0.338 e. The number of carbonyl (C=O) groups excluding carboxylic acids is 3. The maximum absolute atomic E-state index is 12.0. The van der Waals surface area contributed by atoms with Gasteiger partial charge in [0.25, 0.3) is 0 Å². The van der Waals surface area contributed by atoms with Crippen LogP contribution in [0, 0.1) is 0 Å². The lowest BCUT2D eigenvalue weighted by Crippen LogP contribution is -2.45. The monoisotopic (exact) mass is 338 g/mol. The first kappa shape index (κ1) is 16.8. The molecule has 0 bridgehead atoms. The average molecular weight is 339 g/mol. The topological polar surface area (TPSA) is 93.7 Å². The minimum atomic E-state index is -0.615. The van der Waals surface area contributed by atoms with Crippen molar-refractivity contribution in [3.63, 3.8) is 0 Å². The number of carbonyl (C=O) groups is 3. The molecule has 8 heteroatoms. The summed E-state index contributed by atoms with van der Waals surface area (Å²) in [5, 5.41) is 5.31. The second kappa shape index (κ2) is 7.64. The van der Waals surface area contributed by atoms with Crippen LogP contribution in [-0.4, -0.2) is 37.7 Å². The number of benzene rings is 1. The number of halogens is 1. The highest BCUT2D eigenvalue weighted by atomic mass is 35.5. The van der Waals surface area contributed by atoms with E-state index in [-0.39, 0.29) is 36.6 Å². The number of hydrogen-bond donors (Lipinski definition) is 2. The number of nitrogens with one attached hydrogen (secondary N) is 2. The Kier molecular flexibility index (Phi) is 5.59. The van der Waals surface area contributed by atoms with Crippen molar-refractivity contribution in [1.29, 1.82) is 0 Å². The number of ether oxygens (including phenoxy) is 2. The van der Waals surface area contributed by atoms with Gasteiger partial charge in [-0.3, -0.25) is 0 Å². The summed E-state index contributed by atoms with van der Waals surface area (Å²) in [5.74, 6) is -1.19. The first-order chi connectivity index (χ1) is 11.0. The molecule has 23 heavy (non-hydrogen) atoms. The molecule has 1 aliphatic rings. The van der Waals surface area contributed by atoms with Crippen LogP contribution in [0.25, 0.3) is 0 Å². The second-order valence-electron chi connectivity index (χ2n) is 4.57. The highest BCUT2D eigenvalue weighted by Crippen LogP contribution is 2.13. The fourth-order valence-corrected chi connectivity index (χ4v) is 2.10. The number of amides is 2. The van der Waals surface area contributed by atoms with Gasteiger partial charge < -0.3 is 20.1 Å². The molecular formula is C15H15ClN2O5. The maximum Gasteiger partial charge on any atom is 0.338 e. The van der Waals surface area contributed by atoms with E-state index >= 15 is 0 Å². The van der Waals surface area contributed by atoms with Crippen molar-refractivity contribution >= 4 is 29.6 Å². The number of rotatable bonds is 5. The summed E-state index contributed by atoms with van der Waals surface area (Å²) in [4.78, 5) is 35.2. The van der Waals surface area contributed by atoms with Crippen LogP contribution >= 0.6 is 11.6 Å². The van der Waals surface area contributed by atoms with Crippen molar-refractivity contribution < 1.29 is 23.9 Å². The Morgan fingerprint density at radius 3 is 2.74 bits per heavy atom. The van der Waals surface area contributed by atoms with Crippen molar-refractivity contribution in [3.8, 4) is 0 Å². The van der Waals surface area contributed by atoms with Gasteiger partial charge in [0.2, 0.25) is 0 Å². The summed E-state index contributed by atoms with van der Waals surface area (Å²) in [6, 6.07) is 5.79. The first-order valence-electron chi connectivity index (χ1n) is 6.88. The van der Waals surface area contributed by atoms with E-state index in [0.29, 0.717) is 5.02 Å². The SMILES string of the molecule is CCOC(=O)C1=C(COC(=O)c2cccc(Cl)c2)NC(=O)NC1. The zero-order valence-corrected chi connectivity index (χ0v) is 13.1. The highest BCUT2D eigenvalue weighted by Gasteiger charge is 2.24. The predicted molar refractivity (Wildman–Crippen MR) is 81.9 cm³/mol. The van der Waals surface area contributed by atoms with Gasteiger partial charge in [0.15, 0.2) is 0 Å². The molecule has 1 aromatic carbocycles. The van der Waals surface area contributed by atoms with Crippen LogP contribution in [-0.2, 0) is 14.3 Å². The third-order valence-electron chi connectivity index (χ3n) is 2.98. The number of urea groups is 1. The largest absolute Gasteiger partial charge is 0.463 e. The molecule has 122 valence electrons. The molecule has 2 rings (SSSR count). The van der Waals surface area contributed by atoms with E-state index in [1.807, 2.05) is 0 Å². The normalized spacial score (nSPS) is 13.9. The lowest BCUT2D eigenvalue weighted by Gasteiger charge is -2.21. The summed E-state index contributed by atoms with van der Waals surface area (Å²) in [6.45, 7) is 1.62. The summed E-state index contributed by atoms with van der Waals surface area (Å²) >= 11 is 5.81. The standard InChI is InChI=1S/C15H15ClN2O5/c1-2-22-14(20)11-7-17-15(21)18-12(11)8-23-13(19)9-4-3-5-10(16)6-9/h3-6H,2,7-8H2,1H3,(H2,17,18,21). The molecule has 0 saturated carbocycles. The van der Waals surface area contributed by atoms with E-state index in [9.17, 15) is 14.4 Å². The molecule has 0 unspecified atom stereocenters. The summed E-state index contributed by atoms with van der Waals surface area (Å²) < 4.78 is 10.0. The number of esters is 2. The van der Waals surface area contributed by atoms with Crippen molar-refractivity contribution in [2.45, 2.75) is 6.92 Å².